The average Bonchev–Trinajstić information content (AvgIpc) is 3.11. The van der Waals surface area contributed by atoms with Gasteiger partial charge in [0.2, 0.25) is 5.91 Å². The summed E-state index contributed by atoms with van der Waals surface area (Å²) in [6.07, 6.45) is 1.90. The molecule has 1 aromatic rings. The first-order valence-electron chi connectivity index (χ1n) is 6.30. The van der Waals surface area contributed by atoms with E-state index in [-0.39, 0.29) is 11.3 Å². The van der Waals surface area contributed by atoms with Crippen molar-refractivity contribution in [3.05, 3.63) is 29.8 Å². The van der Waals surface area contributed by atoms with Crippen LogP contribution >= 0.6 is 11.8 Å². The zero-order valence-electron chi connectivity index (χ0n) is 11.2. The van der Waals surface area contributed by atoms with Crippen LogP contribution in [0.4, 0.5) is 0 Å². The van der Waals surface area contributed by atoms with Crippen molar-refractivity contribution in [2.45, 2.75) is 30.1 Å². The molecule has 2 rings (SSSR count). The first kappa shape index (κ1) is 13.4. The van der Waals surface area contributed by atoms with Gasteiger partial charge >= 0.3 is 0 Å². The van der Waals surface area contributed by atoms with E-state index in [0.29, 0.717) is 0 Å². The summed E-state index contributed by atoms with van der Waals surface area (Å²) >= 11 is 1.83. The third-order valence-corrected chi connectivity index (χ3v) is 4.12. The van der Waals surface area contributed by atoms with Crippen molar-refractivity contribution < 1.29 is 4.79 Å². The Morgan fingerprint density at radius 2 is 1.94 bits per heavy atom. The maximum Gasteiger partial charge on any atom is 0.244 e. The Morgan fingerprint density at radius 3 is 2.39 bits per heavy atom. The maximum atomic E-state index is 12.2. The maximum absolute atomic E-state index is 12.2. The number of hydrogen-bond donors (Lipinski definition) is 1. The minimum absolute atomic E-state index is 0.114. The van der Waals surface area contributed by atoms with E-state index < -0.39 is 0 Å². The van der Waals surface area contributed by atoms with E-state index in [1.165, 1.54) is 4.90 Å². The number of hydrazine groups is 1. The molecular weight excluding hydrogens is 244 g/mol. The molecule has 0 aliphatic heterocycles. The molecule has 1 saturated carbocycles. The zero-order valence-corrected chi connectivity index (χ0v) is 12.0. The number of nitrogens with zero attached hydrogens (tertiary/aromatic N) is 1. The second-order valence-corrected chi connectivity index (χ2v) is 6.21. The summed E-state index contributed by atoms with van der Waals surface area (Å²) in [4.78, 5) is 13.5. The summed E-state index contributed by atoms with van der Waals surface area (Å²) in [5, 5.41) is 1.71. The molecule has 0 heterocycles. The van der Waals surface area contributed by atoms with Crippen molar-refractivity contribution >= 4 is 17.7 Å². The molecule has 0 spiro atoms. The number of thioether (sulfide) groups is 1. The van der Waals surface area contributed by atoms with Crippen LogP contribution in [-0.2, 0) is 10.2 Å². The standard InChI is InChI=1S/C14H20N2OS/c1-4-18-12-7-5-11(6-8-12)14(9-10-14)13(17)15-16(2)3/h5-8H,4,9-10H2,1-3H3,(H,15,17). The molecule has 4 heteroatoms. The Labute approximate surface area is 113 Å². The van der Waals surface area contributed by atoms with Crippen LogP contribution in [-0.4, -0.2) is 30.8 Å². The van der Waals surface area contributed by atoms with Gasteiger partial charge in [-0.05, 0) is 36.3 Å². The lowest BCUT2D eigenvalue weighted by Crippen LogP contribution is -2.42. The number of nitrogens with one attached hydrogen (secondary N) is 1. The Balaban J connectivity index is 2.13. The fourth-order valence-electron chi connectivity index (χ4n) is 2.12. The Kier molecular flexibility index (Phi) is 3.97. The lowest BCUT2D eigenvalue weighted by Gasteiger charge is -2.19. The summed E-state index contributed by atoms with van der Waals surface area (Å²) in [5.41, 5.74) is 3.74. The molecule has 3 nitrogen and oxygen atoms in total. The summed E-state index contributed by atoms with van der Waals surface area (Å²) in [7, 11) is 3.68. The summed E-state index contributed by atoms with van der Waals surface area (Å²) < 4.78 is 0. The summed E-state index contributed by atoms with van der Waals surface area (Å²) in [5.74, 6) is 1.19. The predicted octanol–water partition coefficient (Wildman–Crippen LogP) is 2.42. The van der Waals surface area contributed by atoms with Crippen molar-refractivity contribution in [3.63, 3.8) is 0 Å². The molecule has 1 aromatic carbocycles. The normalized spacial score (nSPS) is 16.7. The van der Waals surface area contributed by atoms with Gasteiger partial charge in [-0.15, -0.1) is 11.8 Å². The monoisotopic (exact) mass is 264 g/mol. The summed E-state index contributed by atoms with van der Waals surface area (Å²) in [6.45, 7) is 2.14. The van der Waals surface area contributed by atoms with E-state index in [1.807, 2.05) is 25.9 Å². The molecular formula is C14H20N2OS. The van der Waals surface area contributed by atoms with Gasteiger partial charge in [0.05, 0.1) is 5.41 Å². The van der Waals surface area contributed by atoms with Gasteiger partial charge in [0.1, 0.15) is 0 Å². The largest absolute Gasteiger partial charge is 0.289 e. The van der Waals surface area contributed by atoms with Crippen LogP contribution in [0.1, 0.15) is 25.3 Å². The molecule has 1 fully saturated rings. The third kappa shape index (κ3) is 2.70. The van der Waals surface area contributed by atoms with Crippen molar-refractivity contribution in [2.75, 3.05) is 19.8 Å². The summed E-state index contributed by atoms with van der Waals surface area (Å²) in [6, 6.07) is 8.43. The number of amides is 1. The Bertz CT molecular complexity index is 424. The SMILES string of the molecule is CCSc1ccc(C2(C(=O)NN(C)C)CC2)cc1. The van der Waals surface area contributed by atoms with E-state index in [0.717, 1.165) is 24.2 Å². The molecule has 1 aliphatic carbocycles. The van der Waals surface area contributed by atoms with Crippen LogP contribution in [0.15, 0.2) is 29.2 Å². The first-order valence-corrected chi connectivity index (χ1v) is 7.29. The fraction of sp³-hybridized carbons (Fsp3) is 0.500. The zero-order chi connectivity index (χ0) is 13.2. The lowest BCUT2D eigenvalue weighted by atomic mass is 9.95. The van der Waals surface area contributed by atoms with E-state index in [1.54, 1.807) is 5.01 Å². The highest BCUT2D eigenvalue weighted by Gasteiger charge is 2.51. The number of carbonyl (C=O) groups is 1. The van der Waals surface area contributed by atoms with Gasteiger partial charge in [-0.2, -0.15) is 0 Å². The van der Waals surface area contributed by atoms with E-state index in [2.05, 4.69) is 36.6 Å². The molecule has 18 heavy (non-hydrogen) atoms. The molecule has 0 saturated heterocycles. The van der Waals surface area contributed by atoms with E-state index in [4.69, 9.17) is 0 Å². The van der Waals surface area contributed by atoms with Gasteiger partial charge < -0.3 is 0 Å². The predicted molar refractivity (Wildman–Crippen MR) is 75.6 cm³/mol. The average molecular weight is 264 g/mol. The molecule has 1 aliphatic rings. The van der Waals surface area contributed by atoms with Crippen LogP contribution in [0.3, 0.4) is 0 Å². The van der Waals surface area contributed by atoms with E-state index >= 15 is 0 Å². The highest BCUT2D eigenvalue weighted by atomic mass is 32.2. The van der Waals surface area contributed by atoms with Crippen LogP contribution in [0, 0.1) is 0 Å². The highest BCUT2D eigenvalue weighted by molar-refractivity contribution is 7.99. The van der Waals surface area contributed by atoms with Gasteiger partial charge in [-0.3, -0.25) is 10.2 Å². The second-order valence-electron chi connectivity index (χ2n) is 4.87. The minimum Gasteiger partial charge on any atom is -0.289 e. The number of benzene rings is 1. The molecule has 0 atom stereocenters. The van der Waals surface area contributed by atoms with Crippen LogP contribution < -0.4 is 5.43 Å². The van der Waals surface area contributed by atoms with Crippen LogP contribution in [0.25, 0.3) is 0 Å². The van der Waals surface area contributed by atoms with Gasteiger partial charge in [0.15, 0.2) is 0 Å². The number of carbonyl (C=O) groups excluding carboxylic acids is 1. The highest BCUT2D eigenvalue weighted by Crippen LogP contribution is 2.48. The molecule has 0 aromatic heterocycles. The van der Waals surface area contributed by atoms with Gasteiger partial charge in [0.25, 0.3) is 0 Å². The number of rotatable bonds is 5. The lowest BCUT2D eigenvalue weighted by molar-refractivity contribution is -0.127. The quantitative estimate of drug-likeness (QED) is 0.655. The second kappa shape index (κ2) is 5.33. The molecule has 0 unspecified atom stereocenters. The topological polar surface area (TPSA) is 32.3 Å². The Morgan fingerprint density at radius 1 is 1.33 bits per heavy atom. The van der Waals surface area contributed by atoms with Gasteiger partial charge in [-0.1, -0.05) is 19.1 Å². The van der Waals surface area contributed by atoms with E-state index in [9.17, 15) is 4.79 Å². The first-order chi connectivity index (χ1) is 8.58. The molecule has 0 radical (unpaired) electrons. The minimum atomic E-state index is -0.278. The third-order valence-electron chi connectivity index (χ3n) is 3.23. The fourth-order valence-corrected chi connectivity index (χ4v) is 2.78. The van der Waals surface area contributed by atoms with Crippen molar-refractivity contribution in [1.82, 2.24) is 10.4 Å². The molecule has 0 bridgehead atoms. The van der Waals surface area contributed by atoms with Crippen molar-refractivity contribution in [2.24, 2.45) is 0 Å². The van der Waals surface area contributed by atoms with Crippen molar-refractivity contribution in [1.29, 1.82) is 0 Å². The Hall–Kier alpha value is -1.00. The van der Waals surface area contributed by atoms with Gasteiger partial charge in [-0.25, -0.2) is 5.01 Å². The molecule has 98 valence electrons. The van der Waals surface area contributed by atoms with Crippen LogP contribution in [0.5, 0.6) is 0 Å². The van der Waals surface area contributed by atoms with Crippen LogP contribution in [0.2, 0.25) is 0 Å². The molecule has 1 amide bonds. The smallest absolute Gasteiger partial charge is 0.244 e. The van der Waals surface area contributed by atoms with Gasteiger partial charge in [0, 0.05) is 19.0 Å². The molecule has 1 N–H and O–H groups in total. The van der Waals surface area contributed by atoms with Crippen molar-refractivity contribution in [3.8, 4) is 0 Å². The number of hydrogen-bond acceptors (Lipinski definition) is 3.